The quantitative estimate of drug-likeness (QED) is 0.569. The van der Waals surface area contributed by atoms with Crippen LogP contribution in [0, 0.1) is 0 Å². The van der Waals surface area contributed by atoms with Crippen LogP contribution in [0.2, 0.25) is 0 Å². The first-order valence-electron chi connectivity index (χ1n) is 6.77. The molecule has 114 valence electrons. The molecule has 0 N–H and O–H groups in total. The average Bonchev–Trinajstić information content (AvgIpc) is 3.31. The Labute approximate surface area is 129 Å². The lowest BCUT2D eigenvalue weighted by Gasteiger charge is -2.01. The fourth-order valence-corrected chi connectivity index (χ4v) is 2.20. The van der Waals surface area contributed by atoms with E-state index in [4.69, 9.17) is 13.5 Å². The van der Waals surface area contributed by atoms with Gasteiger partial charge in [0.25, 0.3) is 0 Å². The van der Waals surface area contributed by atoms with Gasteiger partial charge < -0.3 is 8.94 Å². The minimum atomic E-state index is -0.570. The van der Waals surface area contributed by atoms with Crippen LogP contribution in [0.1, 0.15) is 5.69 Å². The van der Waals surface area contributed by atoms with Crippen LogP contribution in [0.4, 0.5) is 0 Å². The van der Waals surface area contributed by atoms with Gasteiger partial charge in [-0.3, -0.25) is 14.1 Å². The van der Waals surface area contributed by atoms with Gasteiger partial charge in [-0.05, 0) is 24.3 Å². The lowest BCUT2D eigenvalue weighted by atomic mass is 10.2. The highest BCUT2D eigenvalue weighted by Crippen LogP contribution is 2.21. The lowest BCUT2D eigenvalue weighted by Crippen LogP contribution is -2.16. The Kier molecular flexibility index (Phi) is 3.12. The van der Waals surface area contributed by atoms with E-state index < -0.39 is 5.76 Å². The van der Waals surface area contributed by atoms with Gasteiger partial charge in [-0.15, -0.1) is 0 Å². The van der Waals surface area contributed by atoms with Crippen LogP contribution < -0.4 is 5.76 Å². The summed E-state index contributed by atoms with van der Waals surface area (Å²) in [5, 5.41) is 7.76. The molecular formula is C15H10N4O4. The van der Waals surface area contributed by atoms with E-state index in [-0.39, 0.29) is 6.54 Å². The number of pyridine rings is 1. The zero-order chi connectivity index (χ0) is 15.6. The van der Waals surface area contributed by atoms with Crippen LogP contribution in [-0.2, 0) is 6.54 Å². The largest absolute Gasteiger partial charge is 0.461 e. The summed E-state index contributed by atoms with van der Waals surface area (Å²) in [5.74, 6) is 0.884. The molecule has 0 amide bonds. The van der Waals surface area contributed by atoms with Gasteiger partial charge in [0, 0.05) is 24.0 Å². The molecule has 0 aliphatic rings. The molecule has 8 nitrogen and oxygen atoms in total. The molecule has 23 heavy (non-hydrogen) atoms. The summed E-state index contributed by atoms with van der Waals surface area (Å²) in [6, 6.07) is 8.70. The van der Waals surface area contributed by atoms with E-state index in [2.05, 4.69) is 15.3 Å². The normalized spacial score (nSPS) is 11.0. The Morgan fingerprint density at radius 1 is 1.04 bits per heavy atom. The number of nitrogens with zero attached hydrogens (tertiary/aromatic N) is 4. The Bertz CT molecular complexity index is 967. The predicted octanol–water partition coefficient (Wildman–Crippen LogP) is 2.19. The molecule has 4 rings (SSSR count). The lowest BCUT2D eigenvalue weighted by molar-refractivity contribution is 0.375. The highest BCUT2D eigenvalue weighted by molar-refractivity contribution is 5.53. The summed E-state index contributed by atoms with van der Waals surface area (Å²) >= 11 is 0. The second-order valence-corrected chi connectivity index (χ2v) is 4.75. The highest BCUT2D eigenvalue weighted by atomic mass is 16.5. The molecule has 0 aliphatic heterocycles. The highest BCUT2D eigenvalue weighted by Gasteiger charge is 2.16. The van der Waals surface area contributed by atoms with Crippen molar-refractivity contribution in [1.82, 2.24) is 19.9 Å². The van der Waals surface area contributed by atoms with E-state index >= 15 is 0 Å². The van der Waals surface area contributed by atoms with Crippen LogP contribution in [0.5, 0.6) is 0 Å². The molecule has 0 aromatic carbocycles. The van der Waals surface area contributed by atoms with Crippen LogP contribution in [0.25, 0.3) is 22.9 Å². The van der Waals surface area contributed by atoms with Gasteiger partial charge in [0.2, 0.25) is 5.76 Å². The van der Waals surface area contributed by atoms with Crippen LogP contribution in [0.15, 0.2) is 67.2 Å². The standard InChI is InChI=1S/C15H10N4O4/c20-15-19(14(18-23-15)10-3-5-16-6-4-10)9-11-8-13(22-17-11)12-2-1-7-21-12/h1-8H,9H2. The van der Waals surface area contributed by atoms with E-state index in [1.165, 1.54) is 4.57 Å². The fraction of sp³-hybridized carbons (Fsp3) is 0.0667. The number of hydrogen-bond acceptors (Lipinski definition) is 7. The van der Waals surface area contributed by atoms with Gasteiger partial charge in [0.05, 0.1) is 12.8 Å². The van der Waals surface area contributed by atoms with E-state index in [9.17, 15) is 4.79 Å². The molecule has 0 saturated carbocycles. The molecule has 4 aromatic rings. The molecule has 8 heteroatoms. The van der Waals surface area contributed by atoms with Gasteiger partial charge in [-0.1, -0.05) is 10.3 Å². The van der Waals surface area contributed by atoms with Crippen molar-refractivity contribution in [3.63, 3.8) is 0 Å². The summed E-state index contributed by atoms with van der Waals surface area (Å²) < 4.78 is 16.6. The smallest absolute Gasteiger partial charge is 0.442 e. The van der Waals surface area contributed by atoms with Crippen molar-refractivity contribution in [2.45, 2.75) is 6.54 Å². The first-order chi connectivity index (χ1) is 11.3. The maximum absolute atomic E-state index is 11.9. The van der Waals surface area contributed by atoms with Crippen molar-refractivity contribution >= 4 is 0 Å². The fourth-order valence-electron chi connectivity index (χ4n) is 2.20. The summed E-state index contributed by atoms with van der Waals surface area (Å²) in [7, 11) is 0. The zero-order valence-corrected chi connectivity index (χ0v) is 11.7. The van der Waals surface area contributed by atoms with E-state index in [1.54, 1.807) is 49.0 Å². The van der Waals surface area contributed by atoms with Crippen molar-refractivity contribution in [1.29, 1.82) is 0 Å². The van der Waals surface area contributed by atoms with Gasteiger partial charge in [-0.25, -0.2) is 4.79 Å². The number of aromatic nitrogens is 4. The molecular weight excluding hydrogens is 300 g/mol. The topological polar surface area (TPSA) is 100 Å². The maximum atomic E-state index is 11.9. The van der Waals surface area contributed by atoms with Gasteiger partial charge in [0.15, 0.2) is 11.6 Å². The van der Waals surface area contributed by atoms with Crippen molar-refractivity contribution in [2.24, 2.45) is 0 Å². The molecule has 0 saturated heterocycles. The monoisotopic (exact) mass is 310 g/mol. The third-order valence-electron chi connectivity index (χ3n) is 3.27. The van der Waals surface area contributed by atoms with E-state index in [0.29, 0.717) is 23.0 Å². The van der Waals surface area contributed by atoms with Crippen molar-refractivity contribution in [2.75, 3.05) is 0 Å². The SMILES string of the molecule is O=c1onc(-c2ccncc2)n1Cc1cc(-c2ccco2)on1. The van der Waals surface area contributed by atoms with Crippen LogP contribution >= 0.6 is 0 Å². The Hall–Kier alpha value is -3.42. The zero-order valence-electron chi connectivity index (χ0n) is 11.7. The van der Waals surface area contributed by atoms with Gasteiger partial charge in [0.1, 0.15) is 5.69 Å². The minimum absolute atomic E-state index is 0.171. The number of rotatable bonds is 4. The predicted molar refractivity (Wildman–Crippen MR) is 77.3 cm³/mol. The van der Waals surface area contributed by atoms with Crippen molar-refractivity contribution in [3.05, 3.63) is 65.2 Å². The van der Waals surface area contributed by atoms with E-state index in [1.807, 2.05) is 0 Å². The number of hydrogen-bond donors (Lipinski definition) is 0. The third kappa shape index (κ3) is 2.46. The summed E-state index contributed by atoms with van der Waals surface area (Å²) in [5.41, 5.74) is 1.28. The minimum Gasteiger partial charge on any atom is -0.461 e. The third-order valence-corrected chi connectivity index (χ3v) is 3.27. The molecule has 0 spiro atoms. The Morgan fingerprint density at radius 3 is 2.70 bits per heavy atom. The molecule has 0 fully saturated rings. The first-order valence-corrected chi connectivity index (χ1v) is 6.77. The van der Waals surface area contributed by atoms with Crippen LogP contribution in [-0.4, -0.2) is 19.9 Å². The Morgan fingerprint density at radius 2 is 1.91 bits per heavy atom. The van der Waals surface area contributed by atoms with E-state index in [0.717, 1.165) is 5.56 Å². The molecule has 4 heterocycles. The summed E-state index contributed by atoms with van der Waals surface area (Å²) in [6.07, 6.45) is 4.78. The van der Waals surface area contributed by atoms with Gasteiger partial charge >= 0.3 is 5.76 Å². The average molecular weight is 310 g/mol. The summed E-state index contributed by atoms with van der Waals surface area (Å²) in [6.45, 7) is 0.171. The maximum Gasteiger partial charge on any atom is 0.442 e. The summed E-state index contributed by atoms with van der Waals surface area (Å²) in [4.78, 5) is 15.8. The Balaban J connectivity index is 1.68. The molecule has 0 radical (unpaired) electrons. The first kappa shape index (κ1) is 13.3. The second kappa shape index (κ2) is 5.41. The molecule has 4 aromatic heterocycles. The molecule has 0 unspecified atom stereocenters. The molecule has 0 bridgehead atoms. The molecule has 0 atom stereocenters. The van der Waals surface area contributed by atoms with Crippen molar-refractivity contribution < 1.29 is 13.5 Å². The second-order valence-electron chi connectivity index (χ2n) is 4.75. The van der Waals surface area contributed by atoms with Crippen molar-refractivity contribution in [3.8, 4) is 22.9 Å². The van der Waals surface area contributed by atoms with Crippen LogP contribution in [0.3, 0.4) is 0 Å². The van der Waals surface area contributed by atoms with Gasteiger partial charge in [-0.2, -0.15) is 0 Å². The number of furan rings is 1. The molecule has 0 aliphatic carbocycles.